The quantitative estimate of drug-likeness (QED) is 0.717. The minimum absolute atomic E-state index is 0.0361. The molecule has 0 bridgehead atoms. The highest BCUT2D eigenvalue weighted by Crippen LogP contribution is 2.38. The standard InChI is InChI=1S/C10H7N3O3S2/c1-17-6-3(2-11)8(14)13-9-4(6)5(12)7(18-9)10(15)16/h12H2,1H3,(H,13,14)(H,15,16). The third-order valence-corrected chi connectivity index (χ3v) is 4.29. The minimum atomic E-state index is -1.15. The van der Waals surface area contributed by atoms with Crippen molar-refractivity contribution in [1.29, 1.82) is 5.26 Å². The number of carboxylic acid groups (broad SMARTS) is 1. The Morgan fingerprint density at radius 3 is 2.78 bits per heavy atom. The van der Waals surface area contributed by atoms with Gasteiger partial charge in [-0.15, -0.1) is 23.1 Å². The normalized spacial score (nSPS) is 10.4. The van der Waals surface area contributed by atoms with Gasteiger partial charge in [0.05, 0.1) is 5.69 Å². The summed E-state index contributed by atoms with van der Waals surface area (Å²) in [5.74, 6) is -1.15. The molecule has 18 heavy (non-hydrogen) atoms. The number of aromatic carboxylic acids is 1. The van der Waals surface area contributed by atoms with Crippen molar-refractivity contribution in [1.82, 2.24) is 4.98 Å². The van der Waals surface area contributed by atoms with Gasteiger partial charge in [-0.25, -0.2) is 4.79 Å². The van der Waals surface area contributed by atoms with Gasteiger partial charge < -0.3 is 15.8 Å². The Kier molecular flexibility index (Phi) is 3.02. The second-order valence-corrected chi connectivity index (χ2v) is 5.17. The first-order valence-corrected chi connectivity index (χ1v) is 6.71. The van der Waals surface area contributed by atoms with E-state index in [9.17, 15) is 9.59 Å². The van der Waals surface area contributed by atoms with Crippen LogP contribution in [-0.2, 0) is 0 Å². The van der Waals surface area contributed by atoms with E-state index >= 15 is 0 Å². The van der Waals surface area contributed by atoms with E-state index in [0.29, 0.717) is 15.1 Å². The lowest BCUT2D eigenvalue weighted by Crippen LogP contribution is -2.11. The van der Waals surface area contributed by atoms with Crippen LogP contribution in [0.15, 0.2) is 9.69 Å². The molecule has 0 saturated carbocycles. The molecular weight excluding hydrogens is 274 g/mol. The average molecular weight is 281 g/mol. The monoisotopic (exact) mass is 281 g/mol. The molecule has 4 N–H and O–H groups in total. The minimum Gasteiger partial charge on any atom is -0.477 e. The van der Waals surface area contributed by atoms with Crippen molar-refractivity contribution in [2.75, 3.05) is 12.0 Å². The van der Waals surface area contributed by atoms with Crippen molar-refractivity contribution in [2.45, 2.75) is 4.90 Å². The van der Waals surface area contributed by atoms with E-state index in [0.717, 1.165) is 11.3 Å². The first-order chi connectivity index (χ1) is 8.51. The number of aromatic nitrogens is 1. The molecule has 2 rings (SSSR count). The van der Waals surface area contributed by atoms with Gasteiger partial charge in [0, 0.05) is 10.3 Å². The summed E-state index contributed by atoms with van der Waals surface area (Å²) in [7, 11) is 0. The van der Waals surface area contributed by atoms with E-state index in [1.54, 1.807) is 6.26 Å². The highest BCUT2D eigenvalue weighted by atomic mass is 32.2. The Bertz CT molecular complexity index is 754. The number of nitrogen functional groups attached to an aromatic ring is 1. The Labute approximate surface area is 109 Å². The van der Waals surface area contributed by atoms with Crippen molar-refractivity contribution in [3.63, 3.8) is 0 Å². The number of nitrogens with two attached hydrogens (primary N) is 1. The Hall–Kier alpha value is -1.98. The predicted octanol–water partition coefficient (Wildman–Crippen LogP) is 1.46. The maximum absolute atomic E-state index is 11.7. The number of thiophene rings is 1. The Morgan fingerprint density at radius 2 is 2.28 bits per heavy atom. The largest absolute Gasteiger partial charge is 0.477 e. The van der Waals surface area contributed by atoms with Crippen LogP contribution in [0.5, 0.6) is 0 Å². The van der Waals surface area contributed by atoms with E-state index in [2.05, 4.69) is 4.98 Å². The molecule has 0 aliphatic carbocycles. The maximum atomic E-state index is 11.7. The number of carbonyl (C=O) groups is 1. The summed E-state index contributed by atoms with van der Waals surface area (Å²) < 4.78 is 0. The molecule has 0 atom stereocenters. The first kappa shape index (κ1) is 12.5. The molecule has 0 amide bonds. The van der Waals surface area contributed by atoms with Gasteiger partial charge in [0.2, 0.25) is 0 Å². The summed E-state index contributed by atoms with van der Waals surface area (Å²) >= 11 is 2.09. The molecule has 0 aliphatic heterocycles. The summed E-state index contributed by atoms with van der Waals surface area (Å²) in [5, 5.41) is 18.4. The van der Waals surface area contributed by atoms with Crippen LogP contribution in [0, 0.1) is 11.3 Å². The molecule has 6 nitrogen and oxygen atoms in total. The fourth-order valence-corrected chi connectivity index (χ4v) is 3.40. The van der Waals surface area contributed by atoms with Crippen LogP contribution in [0.2, 0.25) is 0 Å². The van der Waals surface area contributed by atoms with Gasteiger partial charge in [-0.2, -0.15) is 5.26 Å². The molecule has 0 aliphatic rings. The lowest BCUT2D eigenvalue weighted by atomic mass is 10.2. The number of H-pyrrole nitrogens is 1. The number of hydrogen-bond acceptors (Lipinski definition) is 6. The molecule has 0 saturated heterocycles. The smallest absolute Gasteiger partial charge is 0.348 e. The highest BCUT2D eigenvalue weighted by molar-refractivity contribution is 7.99. The van der Waals surface area contributed by atoms with E-state index in [1.807, 2.05) is 6.07 Å². The van der Waals surface area contributed by atoms with Gasteiger partial charge in [0.25, 0.3) is 5.56 Å². The number of nitriles is 1. The van der Waals surface area contributed by atoms with Crippen LogP contribution in [0.3, 0.4) is 0 Å². The van der Waals surface area contributed by atoms with Crippen molar-refractivity contribution in [2.24, 2.45) is 0 Å². The Balaban J connectivity index is 3.02. The summed E-state index contributed by atoms with van der Waals surface area (Å²) in [6, 6.07) is 1.81. The summed E-state index contributed by atoms with van der Waals surface area (Å²) in [6.45, 7) is 0. The third kappa shape index (κ3) is 1.64. The zero-order valence-electron chi connectivity index (χ0n) is 9.10. The molecule has 0 fully saturated rings. The summed E-state index contributed by atoms with van der Waals surface area (Å²) in [6.07, 6.45) is 1.70. The fraction of sp³-hybridized carbons (Fsp3) is 0.100. The van der Waals surface area contributed by atoms with Gasteiger partial charge in [-0.05, 0) is 6.26 Å². The number of pyridine rings is 1. The molecule has 2 heterocycles. The van der Waals surface area contributed by atoms with Gasteiger partial charge >= 0.3 is 5.97 Å². The fourth-order valence-electron chi connectivity index (χ4n) is 1.62. The zero-order valence-corrected chi connectivity index (χ0v) is 10.7. The molecular formula is C10H7N3O3S2. The molecule has 0 aromatic carbocycles. The molecule has 0 unspecified atom stereocenters. The average Bonchev–Trinajstić information content (AvgIpc) is 2.64. The lowest BCUT2D eigenvalue weighted by molar-refractivity contribution is 0.0703. The van der Waals surface area contributed by atoms with Crippen molar-refractivity contribution in [3.8, 4) is 6.07 Å². The van der Waals surface area contributed by atoms with Crippen LogP contribution >= 0.6 is 23.1 Å². The number of anilines is 1. The van der Waals surface area contributed by atoms with Crippen LogP contribution in [-0.4, -0.2) is 22.3 Å². The number of carboxylic acids is 1. The number of rotatable bonds is 2. The number of fused-ring (bicyclic) bond motifs is 1. The molecule has 0 spiro atoms. The van der Waals surface area contributed by atoms with E-state index in [4.69, 9.17) is 16.1 Å². The van der Waals surface area contributed by atoms with Gasteiger partial charge in [-0.1, -0.05) is 0 Å². The summed E-state index contributed by atoms with van der Waals surface area (Å²) in [5.41, 5.74) is 5.28. The van der Waals surface area contributed by atoms with E-state index in [1.165, 1.54) is 11.8 Å². The summed E-state index contributed by atoms with van der Waals surface area (Å²) in [4.78, 5) is 25.9. The number of thioether (sulfide) groups is 1. The molecule has 2 aromatic heterocycles. The SMILES string of the molecule is CSc1c(C#N)c(=O)[nH]c2sc(C(=O)O)c(N)c12. The molecule has 0 radical (unpaired) electrons. The number of aromatic amines is 1. The van der Waals surface area contributed by atoms with Crippen LogP contribution < -0.4 is 11.3 Å². The second-order valence-electron chi connectivity index (χ2n) is 3.33. The molecule has 8 heteroatoms. The lowest BCUT2D eigenvalue weighted by Gasteiger charge is -2.02. The van der Waals surface area contributed by atoms with Gasteiger partial charge in [0.1, 0.15) is 21.3 Å². The molecule has 2 aromatic rings. The van der Waals surface area contributed by atoms with Crippen LogP contribution in [0.1, 0.15) is 15.2 Å². The van der Waals surface area contributed by atoms with E-state index in [-0.39, 0.29) is 16.1 Å². The number of nitrogens with one attached hydrogen (secondary N) is 1. The van der Waals surface area contributed by atoms with Crippen molar-refractivity contribution >= 4 is 45.0 Å². The Morgan fingerprint density at radius 1 is 1.61 bits per heavy atom. The van der Waals surface area contributed by atoms with Gasteiger partial charge in [-0.3, -0.25) is 4.79 Å². The second kappa shape index (κ2) is 4.36. The molecule has 92 valence electrons. The van der Waals surface area contributed by atoms with E-state index < -0.39 is 11.5 Å². The highest BCUT2D eigenvalue weighted by Gasteiger charge is 2.21. The van der Waals surface area contributed by atoms with Crippen LogP contribution in [0.25, 0.3) is 10.2 Å². The number of hydrogen-bond donors (Lipinski definition) is 3. The zero-order chi connectivity index (χ0) is 13.4. The van der Waals surface area contributed by atoms with Crippen molar-refractivity contribution < 1.29 is 9.90 Å². The van der Waals surface area contributed by atoms with Crippen molar-refractivity contribution in [3.05, 3.63) is 20.8 Å². The van der Waals surface area contributed by atoms with Gasteiger partial charge in [0.15, 0.2) is 0 Å². The topological polar surface area (TPSA) is 120 Å². The number of nitrogens with zero attached hydrogens (tertiary/aromatic N) is 1. The first-order valence-electron chi connectivity index (χ1n) is 4.66. The van der Waals surface area contributed by atoms with Crippen LogP contribution in [0.4, 0.5) is 5.69 Å². The predicted molar refractivity (Wildman–Crippen MR) is 70.3 cm³/mol. The maximum Gasteiger partial charge on any atom is 0.348 e. The third-order valence-electron chi connectivity index (χ3n) is 2.36.